The van der Waals surface area contributed by atoms with Gasteiger partial charge in [0.05, 0.1) is 4.90 Å². The number of rotatable bonds is 9. The predicted molar refractivity (Wildman–Crippen MR) is 127 cm³/mol. The fraction of sp³-hybridized carbons (Fsp3) is 0.652. The van der Waals surface area contributed by atoms with Gasteiger partial charge < -0.3 is 16.4 Å². The number of piperidine rings is 1. The Bertz CT molecular complexity index is 920. The lowest BCUT2D eigenvalue weighted by Gasteiger charge is -2.34. The van der Waals surface area contributed by atoms with E-state index < -0.39 is 16.1 Å². The van der Waals surface area contributed by atoms with Crippen LogP contribution in [0.15, 0.2) is 28.1 Å². The van der Waals surface area contributed by atoms with Crippen LogP contribution in [-0.4, -0.2) is 50.9 Å². The van der Waals surface area contributed by atoms with Crippen LogP contribution in [0.4, 0.5) is 0 Å². The molecule has 5 N–H and O–H groups in total. The molecule has 1 amide bonds. The van der Waals surface area contributed by atoms with Gasteiger partial charge in [0.2, 0.25) is 15.9 Å². The minimum absolute atomic E-state index is 0.00833. The zero-order valence-corrected chi connectivity index (χ0v) is 19.9. The highest BCUT2D eigenvalue weighted by molar-refractivity contribution is 7.89. The Morgan fingerprint density at radius 3 is 2.62 bits per heavy atom. The number of hydrogen-bond donors (Lipinski definition) is 3. The van der Waals surface area contributed by atoms with Crippen molar-refractivity contribution in [2.45, 2.75) is 75.6 Å². The summed E-state index contributed by atoms with van der Waals surface area (Å²) in [6.45, 7) is 3.87. The van der Waals surface area contributed by atoms with Crippen LogP contribution < -0.4 is 16.2 Å². The highest BCUT2D eigenvalue weighted by Gasteiger charge is 2.32. The minimum atomic E-state index is -3.84. The minimum Gasteiger partial charge on any atom is -0.370 e. The van der Waals surface area contributed by atoms with Gasteiger partial charge in [0.1, 0.15) is 6.04 Å². The number of carbonyl (C=O) groups is 1. The van der Waals surface area contributed by atoms with Crippen LogP contribution in [0.2, 0.25) is 0 Å². The van der Waals surface area contributed by atoms with Crippen LogP contribution in [0, 0.1) is 5.92 Å². The number of nitrogens with one attached hydrogen (secondary N) is 1. The van der Waals surface area contributed by atoms with Crippen molar-refractivity contribution in [3.8, 4) is 0 Å². The lowest BCUT2D eigenvalue weighted by atomic mass is 9.92. The van der Waals surface area contributed by atoms with Crippen LogP contribution in [0.5, 0.6) is 0 Å². The first kappa shape index (κ1) is 24.5. The van der Waals surface area contributed by atoms with Crippen LogP contribution in [0.25, 0.3) is 0 Å². The molecule has 1 aromatic carbocycles. The third-order valence-electron chi connectivity index (χ3n) is 6.69. The number of hydrogen-bond acceptors (Lipinski definition) is 4. The van der Waals surface area contributed by atoms with Gasteiger partial charge in [0, 0.05) is 19.6 Å². The summed E-state index contributed by atoms with van der Waals surface area (Å²) >= 11 is 0. The molecule has 1 aliphatic carbocycles. The summed E-state index contributed by atoms with van der Waals surface area (Å²) in [7, 11) is -3.84. The molecule has 0 spiro atoms. The molecule has 1 unspecified atom stereocenters. The molecule has 178 valence electrons. The molecule has 0 saturated carbocycles. The number of aryl methyl sites for hydroxylation is 1. The molecule has 1 atom stereocenters. The summed E-state index contributed by atoms with van der Waals surface area (Å²) < 4.78 is 29.5. The third-order valence-corrected chi connectivity index (χ3v) is 8.24. The number of benzene rings is 1. The molecule has 0 radical (unpaired) electrons. The number of aliphatic imine (C=N–C) groups is 1. The van der Waals surface area contributed by atoms with Crippen LogP contribution >= 0.6 is 0 Å². The number of nitrogens with two attached hydrogens (primary N) is 2. The average Bonchev–Trinajstić information content (AvgIpc) is 2.80. The maximum Gasteiger partial charge on any atom is 0.241 e. The SMILES string of the molecule is CCC1CCN(C(=O)C(CCCN=C(N)N)NS(=O)(=O)c2cccc3c2CCCC3)CC1. The van der Waals surface area contributed by atoms with E-state index in [1.807, 2.05) is 6.07 Å². The van der Waals surface area contributed by atoms with Crippen molar-refractivity contribution in [2.75, 3.05) is 19.6 Å². The van der Waals surface area contributed by atoms with Gasteiger partial charge in [-0.3, -0.25) is 9.79 Å². The number of fused-ring (bicyclic) bond motifs is 1. The molecule has 3 rings (SSSR count). The summed E-state index contributed by atoms with van der Waals surface area (Å²) in [6.07, 6.45) is 7.58. The second-order valence-electron chi connectivity index (χ2n) is 8.90. The van der Waals surface area contributed by atoms with Gasteiger partial charge in [-0.15, -0.1) is 0 Å². The fourth-order valence-electron chi connectivity index (χ4n) is 4.77. The van der Waals surface area contributed by atoms with Gasteiger partial charge in [-0.25, -0.2) is 8.42 Å². The highest BCUT2D eigenvalue weighted by atomic mass is 32.2. The van der Waals surface area contributed by atoms with Gasteiger partial charge in [-0.2, -0.15) is 4.72 Å². The smallest absolute Gasteiger partial charge is 0.241 e. The monoisotopic (exact) mass is 463 g/mol. The van der Waals surface area contributed by atoms with Crippen molar-refractivity contribution in [3.05, 3.63) is 29.3 Å². The van der Waals surface area contributed by atoms with Gasteiger partial charge in [0.15, 0.2) is 5.96 Å². The molecule has 1 fully saturated rings. The van der Waals surface area contributed by atoms with E-state index in [9.17, 15) is 13.2 Å². The zero-order chi connectivity index (χ0) is 23.1. The Morgan fingerprint density at radius 1 is 1.22 bits per heavy atom. The Labute approximate surface area is 191 Å². The number of guanidine groups is 1. The van der Waals surface area contributed by atoms with Crippen molar-refractivity contribution in [1.29, 1.82) is 0 Å². The van der Waals surface area contributed by atoms with Crippen LogP contribution in [0.3, 0.4) is 0 Å². The van der Waals surface area contributed by atoms with Gasteiger partial charge in [-0.1, -0.05) is 25.5 Å². The molecule has 1 saturated heterocycles. The second-order valence-corrected chi connectivity index (χ2v) is 10.6. The van der Waals surface area contributed by atoms with Gasteiger partial charge in [-0.05, 0) is 74.5 Å². The second kappa shape index (κ2) is 11.1. The van der Waals surface area contributed by atoms with Gasteiger partial charge in [0.25, 0.3) is 0 Å². The number of likely N-dealkylation sites (tertiary alicyclic amines) is 1. The van der Waals surface area contributed by atoms with Crippen molar-refractivity contribution in [3.63, 3.8) is 0 Å². The molecule has 2 aliphatic rings. The lowest BCUT2D eigenvalue weighted by Crippen LogP contribution is -2.50. The van der Waals surface area contributed by atoms with Crippen molar-refractivity contribution >= 4 is 21.9 Å². The van der Waals surface area contributed by atoms with E-state index in [-0.39, 0.29) is 11.9 Å². The Kier molecular flexibility index (Phi) is 8.53. The molecule has 1 heterocycles. The van der Waals surface area contributed by atoms with E-state index >= 15 is 0 Å². The Balaban J connectivity index is 1.78. The molecule has 0 bridgehead atoms. The molecular formula is C23H37N5O3S. The van der Waals surface area contributed by atoms with Crippen molar-refractivity contribution in [1.82, 2.24) is 9.62 Å². The molecular weight excluding hydrogens is 426 g/mol. The first-order valence-electron chi connectivity index (χ1n) is 11.8. The molecule has 32 heavy (non-hydrogen) atoms. The van der Waals surface area contributed by atoms with Crippen molar-refractivity contribution < 1.29 is 13.2 Å². The maximum atomic E-state index is 13.4. The zero-order valence-electron chi connectivity index (χ0n) is 19.1. The average molecular weight is 464 g/mol. The van der Waals surface area contributed by atoms with E-state index in [1.165, 1.54) is 0 Å². The third kappa shape index (κ3) is 6.22. The maximum absolute atomic E-state index is 13.4. The molecule has 1 aliphatic heterocycles. The molecule has 9 heteroatoms. The van der Waals surface area contributed by atoms with Crippen molar-refractivity contribution in [2.24, 2.45) is 22.4 Å². The fourth-order valence-corrected chi connectivity index (χ4v) is 6.30. The number of amides is 1. The summed E-state index contributed by atoms with van der Waals surface area (Å²) in [5.41, 5.74) is 12.8. The van der Waals surface area contributed by atoms with Crippen LogP contribution in [-0.2, 0) is 27.7 Å². The standard InChI is InChI=1S/C23H37N5O3S/c1-2-17-12-15-28(16-13-17)22(29)20(10-6-14-26-23(24)25)27-32(30,31)21-11-5-8-18-7-3-4-9-19(18)21/h5,8,11,17,20,27H,2-4,6-7,9-10,12-16H2,1H3,(H4,24,25,26). The summed E-state index contributed by atoms with van der Waals surface area (Å²) in [6, 6.07) is 4.62. The van der Waals surface area contributed by atoms with E-state index in [0.29, 0.717) is 43.3 Å². The molecule has 8 nitrogen and oxygen atoms in total. The first-order chi connectivity index (χ1) is 15.3. The quantitative estimate of drug-likeness (QED) is 0.292. The largest absolute Gasteiger partial charge is 0.370 e. The summed E-state index contributed by atoms with van der Waals surface area (Å²) in [5.74, 6) is 0.468. The van der Waals surface area contributed by atoms with E-state index in [4.69, 9.17) is 11.5 Å². The van der Waals surface area contributed by atoms with Crippen LogP contribution in [0.1, 0.15) is 63.0 Å². The number of nitrogens with zero attached hydrogens (tertiary/aromatic N) is 2. The topological polar surface area (TPSA) is 131 Å². The van der Waals surface area contributed by atoms with E-state index in [2.05, 4.69) is 16.6 Å². The summed E-state index contributed by atoms with van der Waals surface area (Å²) in [5, 5.41) is 0. The normalized spacial score (nSPS) is 18.1. The molecule has 0 aromatic heterocycles. The number of carbonyl (C=O) groups excluding carboxylic acids is 1. The lowest BCUT2D eigenvalue weighted by molar-refractivity contribution is -0.134. The van der Waals surface area contributed by atoms with Gasteiger partial charge >= 0.3 is 0 Å². The molecule has 1 aromatic rings. The highest BCUT2D eigenvalue weighted by Crippen LogP contribution is 2.28. The number of sulfonamides is 1. The Morgan fingerprint density at radius 2 is 1.94 bits per heavy atom. The predicted octanol–water partition coefficient (Wildman–Crippen LogP) is 1.91. The van der Waals surface area contributed by atoms with E-state index in [0.717, 1.165) is 56.1 Å². The van der Waals surface area contributed by atoms with E-state index in [1.54, 1.807) is 17.0 Å². The first-order valence-corrected chi connectivity index (χ1v) is 13.3. The summed E-state index contributed by atoms with van der Waals surface area (Å²) in [4.78, 5) is 19.4. The Hall–Kier alpha value is -2.13.